The van der Waals surface area contributed by atoms with Gasteiger partial charge in [0.15, 0.2) is 0 Å². The first-order valence-corrected chi connectivity index (χ1v) is 9.75. The monoisotopic (exact) mass is 451 g/mol. The highest BCUT2D eigenvalue weighted by molar-refractivity contribution is 9.10. The summed E-state index contributed by atoms with van der Waals surface area (Å²) in [5.74, 6) is 1.17. The fourth-order valence-electron chi connectivity index (χ4n) is 2.61. The average molecular weight is 453 g/mol. The van der Waals surface area contributed by atoms with Gasteiger partial charge in [0.25, 0.3) is 0 Å². The van der Waals surface area contributed by atoms with Gasteiger partial charge >= 0.3 is 0 Å². The van der Waals surface area contributed by atoms with Crippen LogP contribution in [0.4, 0.5) is 5.69 Å². The second-order valence-electron chi connectivity index (χ2n) is 6.15. The van der Waals surface area contributed by atoms with Crippen molar-refractivity contribution in [1.29, 1.82) is 0 Å². The Balaban J connectivity index is 1.51. The van der Waals surface area contributed by atoms with Gasteiger partial charge in [0.1, 0.15) is 11.4 Å². The van der Waals surface area contributed by atoms with Crippen molar-refractivity contribution in [1.82, 2.24) is 9.97 Å². The van der Waals surface area contributed by atoms with Crippen molar-refractivity contribution in [3.63, 3.8) is 0 Å². The van der Waals surface area contributed by atoms with Crippen molar-refractivity contribution < 1.29 is 4.74 Å². The molecule has 0 aliphatic rings. The Kier molecular flexibility index (Phi) is 5.37. The topological polar surface area (TPSA) is 47.4 Å². The minimum atomic E-state index is 0.493. The van der Waals surface area contributed by atoms with Crippen LogP contribution in [0.15, 0.2) is 76.2 Å². The molecule has 4 nitrogen and oxygen atoms in total. The van der Waals surface area contributed by atoms with Gasteiger partial charge in [0, 0.05) is 15.7 Å². The van der Waals surface area contributed by atoms with Gasteiger partial charge in [-0.25, -0.2) is 9.97 Å². The Hall–Kier alpha value is -2.76. The zero-order valence-corrected chi connectivity index (χ0v) is 17.3. The molecule has 1 aromatic heterocycles. The first-order valence-electron chi connectivity index (χ1n) is 8.58. The molecule has 0 unspecified atom stereocenters. The van der Waals surface area contributed by atoms with E-state index in [1.807, 2.05) is 73.7 Å². The predicted octanol–water partition coefficient (Wildman–Crippen LogP) is 6.90. The van der Waals surface area contributed by atoms with Gasteiger partial charge in [-0.2, -0.15) is 0 Å². The van der Waals surface area contributed by atoms with Crippen LogP contribution in [0.2, 0.25) is 5.02 Å². The van der Waals surface area contributed by atoms with E-state index in [-0.39, 0.29) is 0 Å². The number of fused-ring (bicyclic) bond motifs is 1. The molecule has 0 saturated heterocycles. The summed E-state index contributed by atoms with van der Waals surface area (Å²) in [5, 5.41) is 0.707. The molecule has 4 rings (SSSR count). The summed E-state index contributed by atoms with van der Waals surface area (Å²) in [4.78, 5) is 13.6. The summed E-state index contributed by atoms with van der Waals surface area (Å²) in [6.45, 7) is 1.88. The van der Waals surface area contributed by atoms with Gasteiger partial charge in [-0.1, -0.05) is 39.7 Å². The van der Waals surface area contributed by atoms with Crippen LogP contribution in [0.3, 0.4) is 0 Å². The molecule has 4 aromatic rings. The van der Waals surface area contributed by atoms with Gasteiger partial charge in [-0.15, -0.1) is 0 Å². The molecule has 28 heavy (non-hydrogen) atoms. The Morgan fingerprint density at radius 3 is 2.43 bits per heavy atom. The number of rotatable bonds is 4. The number of nitrogens with zero attached hydrogens (tertiary/aromatic N) is 3. The lowest BCUT2D eigenvalue weighted by Crippen LogP contribution is -1.95. The van der Waals surface area contributed by atoms with E-state index in [1.54, 1.807) is 6.21 Å². The maximum atomic E-state index is 5.93. The molecule has 0 aliphatic heterocycles. The second kappa shape index (κ2) is 8.09. The van der Waals surface area contributed by atoms with Crippen LogP contribution >= 0.6 is 27.5 Å². The zero-order valence-electron chi connectivity index (χ0n) is 14.9. The molecule has 0 saturated carbocycles. The number of aromatic nitrogens is 2. The van der Waals surface area contributed by atoms with E-state index in [2.05, 4.69) is 30.9 Å². The average Bonchev–Trinajstić information content (AvgIpc) is 2.69. The quantitative estimate of drug-likeness (QED) is 0.316. The summed E-state index contributed by atoms with van der Waals surface area (Å²) >= 11 is 9.34. The molecule has 1 heterocycles. The van der Waals surface area contributed by atoms with Crippen molar-refractivity contribution in [2.75, 3.05) is 0 Å². The van der Waals surface area contributed by atoms with Crippen LogP contribution in [0.25, 0.3) is 11.0 Å². The normalized spacial score (nSPS) is 11.2. The van der Waals surface area contributed by atoms with Crippen molar-refractivity contribution in [2.24, 2.45) is 4.99 Å². The van der Waals surface area contributed by atoms with Gasteiger partial charge in [0.2, 0.25) is 5.88 Å². The minimum Gasteiger partial charge on any atom is -0.437 e. The SMILES string of the molecule is Cc1nc2cc(Br)ccc2nc1Oc1ccc(N=Cc2ccc(Cl)cc2)cc1. The van der Waals surface area contributed by atoms with Crippen LogP contribution in [-0.4, -0.2) is 16.2 Å². The Morgan fingerprint density at radius 2 is 1.68 bits per heavy atom. The Bertz CT molecular complexity index is 1160. The maximum Gasteiger partial charge on any atom is 0.241 e. The fourth-order valence-corrected chi connectivity index (χ4v) is 3.08. The molecule has 0 radical (unpaired) electrons. The largest absolute Gasteiger partial charge is 0.437 e. The molecule has 3 aromatic carbocycles. The summed E-state index contributed by atoms with van der Waals surface area (Å²) in [5.41, 5.74) is 4.15. The molecule has 6 heteroatoms. The smallest absolute Gasteiger partial charge is 0.241 e. The molecule has 0 fully saturated rings. The molecular formula is C22H15BrClN3O. The van der Waals surface area contributed by atoms with Gasteiger partial charge in [0.05, 0.1) is 16.7 Å². The fraction of sp³-hybridized carbons (Fsp3) is 0.0455. The number of ether oxygens (including phenoxy) is 1. The zero-order chi connectivity index (χ0) is 19.5. The van der Waals surface area contributed by atoms with E-state index < -0.39 is 0 Å². The highest BCUT2D eigenvalue weighted by Crippen LogP contribution is 2.27. The van der Waals surface area contributed by atoms with Crippen molar-refractivity contribution in [3.05, 3.63) is 87.5 Å². The van der Waals surface area contributed by atoms with E-state index in [4.69, 9.17) is 16.3 Å². The van der Waals surface area contributed by atoms with Crippen LogP contribution in [0.1, 0.15) is 11.3 Å². The van der Waals surface area contributed by atoms with Crippen LogP contribution in [-0.2, 0) is 0 Å². The number of hydrogen-bond donors (Lipinski definition) is 0. The minimum absolute atomic E-state index is 0.493. The molecule has 138 valence electrons. The van der Waals surface area contributed by atoms with Crippen molar-refractivity contribution in [2.45, 2.75) is 6.92 Å². The number of halogens is 2. The highest BCUT2D eigenvalue weighted by Gasteiger charge is 2.08. The third kappa shape index (κ3) is 4.38. The first kappa shape index (κ1) is 18.6. The van der Waals surface area contributed by atoms with Crippen LogP contribution in [0, 0.1) is 6.92 Å². The lowest BCUT2D eigenvalue weighted by Gasteiger charge is -2.09. The first-order chi connectivity index (χ1) is 13.6. The highest BCUT2D eigenvalue weighted by atomic mass is 79.9. The van der Waals surface area contributed by atoms with Gasteiger partial charge in [-0.3, -0.25) is 4.99 Å². The van der Waals surface area contributed by atoms with Gasteiger partial charge < -0.3 is 4.74 Å². The molecule has 0 aliphatic carbocycles. The van der Waals surface area contributed by atoms with Crippen molar-refractivity contribution in [3.8, 4) is 11.6 Å². The molecule has 0 N–H and O–H groups in total. The lowest BCUT2D eigenvalue weighted by atomic mass is 10.2. The number of aryl methyl sites for hydroxylation is 1. The summed E-state index contributed by atoms with van der Waals surface area (Å²) in [6, 6.07) is 20.8. The second-order valence-corrected chi connectivity index (χ2v) is 7.51. The van der Waals surface area contributed by atoms with E-state index in [1.165, 1.54) is 0 Å². The summed E-state index contributed by atoms with van der Waals surface area (Å²) < 4.78 is 6.90. The van der Waals surface area contributed by atoms with Crippen LogP contribution in [0.5, 0.6) is 11.6 Å². The Labute approximate surface area is 176 Å². The summed E-state index contributed by atoms with van der Waals surface area (Å²) in [6.07, 6.45) is 1.79. The lowest BCUT2D eigenvalue weighted by molar-refractivity contribution is 0.458. The number of hydrogen-bond acceptors (Lipinski definition) is 4. The van der Waals surface area contributed by atoms with E-state index in [0.29, 0.717) is 16.7 Å². The molecule has 0 atom stereocenters. The van der Waals surface area contributed by atoms with Crippen molar-refractivity contribution >= 4 is 50.5 Å². The molecular weight excluding hydrogens is 438 g/mol. The molecule has 0 spiro atoms. The van der Waals surface area contributed by atoms with Crippen LogP contribution < -0.4 is 4.74 Å². The standard InChI is InChI=1S/C22H15BrClN3O/c1-14-22(27-20-11-4-16(23)12-21(20)26-14)28-19-9-7-18(8-10-19)25-13-15-2-5-17(24)6-3-15/h2-13H,1H3. The third-order valence-corrected chi connectivity index (χ3v) is 4.79. The maximum absolute atomic E-state index is 5.93. The van der Waals surface area contributed by atoms with E-state index in [9.17, 15) is 0 Å². The third-order valence-electron chi connectivity index (χ3n) is 4.04. The van der Waals surface area contributed by atoms with E-state index in [0.717, 1.165) is 32.5 Å². The number of benzene rings is 3. The van der Waals surface area contributed by atoms with E-state index >= 15 is 0 Å². The summed E-state index contributed by atoms with van der Waals surface area (Å²) in [7, 11) is 0. The number of aliphatic imine (C=N–C) groups is 1. The Morgan fingerprint density at radius 1 is 0.929 bits per heavy atom. The predicted molar refractivity (Wildman–Crippen MR) is 117 cm³/mol. The van der Waals surface area contributed by atoms with Gasteiger partial charge in [-0.05, 0) is 67.1 Å². The molecule has 0 bridgehead atoms. The molecule has 0 amide bonds.